The van der Waals surface area contributed by atoms with E-state index >= 15 is 0 Å². The van der Waals surface area contributed by atoms with Gasteiger partial charge in [-0.15, -0.1) is 11.3 Å². The molecule has 0 atom stereocenters. The van der Waals surface area contributed by atoms with Crippen LogP contribution in [0.15, 0.2) is 109 Å². The van der Waals surface area contributed by atoms with Gasteiger partial charge in [0.25, 0.3) is 0 Å². The summed E-state index contributed by atoms with van der Waals surface area (Å²) in [5.74, 6) is 0. The van der Waals surface area contributed by atoms with E-state index < -0.39 is 8.07 Å². The zero-order valence-corrected chi connectivity index (χ0v) is 37.0. The van der Waals surface area contributed by atoms with Crippen LogP contribution in [0.4, 0.5) is 11.4 Å². The van der Waals surface area contributed by atoms with E-state index in [4.69, 9.17) is 0 Å². The lowest BCUT2D eigenvalue weighted by Gasteiger charge is -2.42. The molecule has 5 heteroatoms. The normalized spacial score (nSPS) is 16.4. The monoisotopic (exact) mass is 784 g/mol. The predicted octanol–water partition coefficient (Wildman–Crippen LogP) is 13.1. The Kier molecular flexibility index (Phi) is 6.82. The molecule has 0 saturated carbocycles. The summed E-state index contributed by atoms with van der Waals surface area (Å²) in [5, 5.41) is 9.89. The quantitative estimate of drug-likeness (QED) is 0.159. The minimum absolute atomic E-state index is 0.0158. The first kappa shape index (κ1) is 34.9. The maximum absolute atomic E-state index is 2.71. The second kappa shape index (κ2) is 11.3. The van der Waals surface area contributed by atoms with Crippen LogP contribution in [0.3, 0.4) is 0 Å². The molecule has 0 saturated heterocycles. The fourth-order valence-corrected chi connectivity index (χ4v) is 14.0. The van der Waals surface area contributed by atoms with Crippen LogP contribution in [0.25, 0.3) is 69.6 Å². The Morgan fingerprint density at radius 1 is 0.621 bits per heavy atom. The number of thiophene rings is 1. The molecule has 0 radical (unpaired) electrons. The highest BCUT2D eigenvalue weighted by atomic mass is 32.1. The lowest BCUT2D eigenvalue weighted by molar-refractivity contribution is 0.332. The van der Waals surface area contributed by atoms with Crippen molar-refractivity contribution in [2.45, 2.75) is 84.9 Å². The van der Waals surface area contributed by atoms with E-state index in [0.29, 0.717) is 0 Å². The smallest absolute Gasteiger partial charge is 0.333 e. The third-order valence-corrected chi connectivity index (χ3v) is 17.6. The largest absolute Gasteiger partial charge is 0.376 e. The summed E-state index contributed by atoms with van der Waals surface area (Å²) in [4.78, 5) is 2.71. The molecule has 0 fully saturated rings. The Bertz CT molecular complexity index is 3300. The first-order valence-electron chi connectivity index (χ1n) is 21.3. The minimum atomic E-state index is -1.91. The highest BCUT2D eigenvalue weighted by Crippen LogP contribution is 2.52. The molecule has 7 aromatic carbocycles. The topological polar surface area (TPSA) is 8.17 Å². The van der Waals surface area contributed by atoms with E-state index in [9.17, 15) is 0 Å². The molecule has 0 N–H and O–H groups in total. The Morgan fingerprint density at radius 2 is 1.31 bits per heavy atom. The summed E-state index contributed by atoms with van der Waals surface area (Å²) >= 11 is 1.99. The first-order valence-corrected chi connectivity index (χ1v) is 25.6. The number of fused-ring (bicyclic) bond motifs is 14. The van der Waals surface area contributed by atoms with Gasteiger partial charge in [-0.25, -0.2) is 0 Å². The minimum Gasteiger partial charge on any atom is -0.376 e. The molecule has 1 aliphatic carbocycles. The molecule has 2 nitrogen and oxygen atoms in total. The zero-order chi connectivity index (χ0) is 39.8. The highest BCUT2D eigenvalue weighted by Gasteiger charge is 2.46. The first-order chi connectivity index (χ1) is 27.7. The van der Waals surface area contributed by atoms with Crippen LogP contribution < -0.4 is 20.9 Å². The summed E-state index contributed by atoms with van der Waals surface area (Å²) in [6.45, 7) is 22.0. The summed E-state index contributed by atoms with van der Waals surface area (Å²) in [6, 6.07) is 43.3. The van der Waals surface area contributed by atoms with Gasteiger partial charge in [-0.05, 0) is 130 Å². The fraction of sp³-hybridized carbons (Fsp3) is 0.245. The van der Waals surface area contributed by atoms with Crippen molar-refractivity contribution in [1.82, 2.24) is 4.57 Å². The van der Waals surface area contributed by atoms with Crippen LogP contribution in [-0.2, 0) is 10.8 Å². The van der Waals surface area contributed by atoms with Crippen molar-refractivity contribution < 1.29 is 0 Å². The average Bonchev–Trinajstić information content (AvgIpc) is 3.73. The van der Waals surface area contributed by atoms with E-state index in [-0.39, 0.29) is 17.7 Å². The number of anilines is 2. The summed E-state index contributed by atoms with van der Waals surface area (Å²) in [5.41, 5.74) is 18.1. The number of hydrogen-bond acceptors (Lipinski definition) is 2. The summed E-state index contributed by atoms with van der Waals surface area (Å²) < 4.78 is 5.45. The Balaban J connectivity index is 1.29. The van der Waals surface area contributed by atoms with Gasteiger partial charge in [-0.2, -0.15) is 0 Å². The van der Waals surface area contributed by atoms with Gasteiger partial charge in [0.1, 0.15) is 0 Å². The van der Waals surface area contributed by atoms with Crippen LogP contribution in [0.1, 0.15) is 62.8 Å². The summed E-state index contributed by atoms with van der Waals surface area (Å²) in [7, 11) is -1.91. The van der Waals surface area contributed by atoms with Crippen molar-refractivity contribution in [2.24, 2.45) is 0 Å². The van der Waals surface area contributed by atoms with Gasteiger partial charge in [0.2, 0.25) is 0 Å². The molecule has 2 aliphatic heterocycles. The highest BCUT2D eigenvalue weighted by molar-refractivity contribution is 7.26. The maximum atomic E-state index is 2.71. The summed E-state index contributed by atoms with van der Waals surface area (Å²) in [6.07, 6.45) is 2.44. The van der Waals surface area contributed by atoms with Crippen molar-refractivity contribution in [3.05, 3.63) is 131 Å². The molecule has 0 spiro atoms. The molecule has 0 unspecified atom stereocenters. The third kappa shape index (κ3) is 4.55. The number of aryl methyl sites for hydroxylation is 2. The maximum Gasteiger partial charge on any atom is 0.333 e. The molecule has 2 aromatic heterocycles. The fourth-order valence-electron chi connectivity index (χ4n) is 11.3. The van der Waals surface area contributed by atoms with Crippen molar-refractivity contribution >= 4 is 106 Å². The second-order valence-corrected chi connectivity index (χ2v) is 26.3. The van der Waals surface area contributed by atoms with Crippen molar-refractivity contribution in [2.75, 3.05) is 4.81 Å². The van der Waals surface area contributed by atoms with Gasteiger partial charge in [-0.1, -0.05) is 119 Å². The number of rotatable bonds is 2. The van der Waals surface area contributed by atoms with E-state index in [1.54, 1.807) is 10.8 Å². The molecule has 58 heavy (non-hydrogen) atoms. The molecule has 284 valence electrons. The molecule has 0 bridgehead atoms. The third-order valence-electron chi connectivity index (χ3n) is 14.4. The molecular formula is C53H49BN2SSi. The number of benzene rings is 7. The predicted molar refractivity (Wildman–Crippen MR) is 258 cm³/mol. The molecule has 4 heterocycles. The average molecular weight is 785 g/mol. The zero-order valence-electron chi connectivity index (χ0n) is 35.2. The molecule has 0 amide bonds. The van der Waals surface area contributed by atoms with Gasteiger partial charge < -0.3 is 9.38 Å². The molecule has 3 aliphatic rings. The SMILES string of the molecule is Cc1ccc(N2B3c4cc(C)ccc4-n4c5ccc6ccccc6c5c5c([Si](C)(C)C)cc(c3c54)-c3cc4c(cc32)sc2cc3c(cc24)C(C)(C)CCC3(C)C)cc1. The van der Waals surface area contributed by atoms with Gasteiger partial charge in [0.15, 0.2) is 0 Å². The Labute approximate surface area is 347 Å². The van der Waals surface area contributed by atoms with Gasteiger partial charge in [0, 0.05) is 53.6 Å². The number of aromatic nitrogens is 1. The van der Waals surface area contributed by atoms with Gasteiger partial charge >= 0.3 is 6.85 Å². The van der Waals surface area contributed by atoms with E-state index in [0.717, 1.165) is 0 Å². The lowest BCUT2D eigenvalue weighted by atomic mass is 9.44. The van der Waals surface area contributed by atoms with Gasteiger partial charge in [-0.3, -0.25) is 0 Å². The van der Waals surface area contributed by atoms with Crippen LogP contribution in [0, 0.1) is 13.8 Å². The Hall–Kier alpha value is -5.10. The standard InChI is InChI=1S/C53H49BN2SSi/c1-30-14-18-33(19-15-30)56-44-29-46-36(37-26-39-40(28-45(37)57-46)53(5,6)23-22-52(39,3)4)25-35(44)38-27-47(58(7,8)9)49-48-34-13-11-10-12-32(34)17-21-43(48)55-42-20-16-31(2)24-41(42)54(56)50(38)51(49)55/h10-21,24-29H,22-23H2,1-9H3. The van der Waals surface area contributed by atoms with Crippen molar-refractivity contribution in [1.29, 1.82) is 0 Å². The Morgan fingerprint density at radius 3 is 2.07 bits per heavy atom. The van der Waals surface area contributed by atoms with E-state index in [1.165, 1.54) is 121 Å². The molecular weight excluding hydrogens is 736 g/mol. The van der Waals surface area contributed by atoms with E-state index in [2.05, 4.69) is 180 Å². The number of nitrogens with zero attached hydrogens (tertiary/aromatic N) is 2. The van der Waals surface area contributed by atoms with Gasteiger partial charge in [0.05, 0.1) is 19.1 Å². The number of hydrogen-bond donors (Lipinski definition) is 0. The van der Waals surface area contributed by atoms with Crippen LogP contribution in [-0.4, -0.2) is 19.5 Å². The lowest BCUT2D eigenvalue weighted by Crippen LogP contribution is -2.61. The van der Waals surface area contributed by atoms with E-state index in [1.807, 2.05) is 11.3 Å². The molecule has 9 aromatic rings. The molecule has 12 rings (SSSR count). The van der Waals surface area contributed by atoms with Crippen molar-refractivity contribution in [3.63, 3.8) is 0 Å². The second-order valence-electron chi connectivity index (χ2n) is 20.2. The van der Waals surface area contributed by atoms with Crippen LogP contribution >= 0.6 is 11.3 Å². The van der Waals surface area contributed by atoms with Crippen LogP contribution in [0.2, 0.25) is 19.6 Å². The van der Waals surface area contributed by atoms with Crippen molar-refractivity contribution in [3.8, 4) is 16.8 Å². The van der Waals surface area contributed by atoms with Crippen LogP contribution in [0.5, 0.6) is 0 Å².